The number of aromatic nitrogens is 1. The molecule has 0 radical (unpaired) electrons. The molecule has 5 heteroatoms. The number of hydrogen-bond acceptors (Lipinski definition) is 2. The lowest BCUT2D eigenvalue weighted by atomic mass is 10.2. The maximum absolute atomic E-state index is 13.7. The molecule has 2 rings (SSSR count). The van der Waals surface area contributed by atoms with E-state index in [2.05, 4.69) is 20.9 Å². The summed E-state index contributed by atoms with van der Waals surface area (Å²) < 4.78 is 19.9. The van der Waals surface area contributed by atoms with Crippen molar-refractivity contribution in [1.82, 2.24) is 4.98 Å². The molecule has 18 heavy (non-hydrogen) atoms. The van der Waals surface area contributed by atoms with Crippen LogP contribution in [0.15, 0.2) is 34.9 Å². The Labute approximate surface area is 118 Å². The normalized spacial score (nSPS) is 10.4. The molecule has 2 nitrogen and oxygen atoms in total. The van der Waals surface area contributed by atoms with E-state index in [1.54, 1.807) is 24.4 Å². The van der Waals surface area contributed by atoms with E-state index in [4.69, 9.17) is 16.3 Å². The van der Waals surface area contributed by atoms with Crippen LogP contribution in [-0.4, -0.2) is 4.98 Å². The molecule has 0 aliphatic heterocycles. The van der Waals surface area contributed by atoms with Gasteiger partial charge in [0.1, 0.15) is 5.75 Å². The van der Waals surface area contributed by atoms with Crippen LogP contribution in [0.3, 0.4) is 0 Å². The molecular weight excluding hydrogens is 321 g/mol. The van der Waals surface area contributed by atoms with Gasteiger partial charge in [-0.2, -0.15) is 0 Å². The Kier molecular flexibility index (Phi) is 4.19. The molecular formula is C13H10BrClFNO. The number of benzene rings is 1. The van der Waals surface area contributed by atoms with Gasteiger partial charge >= 0.3 is 0 Å². The summed E-state index contributed by atoms with van der Waals surface area (Å²) in [4.78, 5) is 4.12. The third-order valence-corrected chi connectivity index (χ3v) is 3.12. The van der Waals surface area contributed by atoms with E-state index in [-0.39, 0.29) is 11.6 Å². The van der Waals surface area contributed by atoms with Crippen LogP contribution in [0.4, 0.5) is 4.39 Å². The highest BCUT2D eigenvalue weighted by atomic mass is 79.9. The van der Waals surface area contributed by atoms with E-state index >= 15 is 0 Å². The smallest absolute Gasteiger partial charge is 0.166 e. The van der Waals surface area contributed by atoms with Gasteiger partial charge in [-0.25, -0.2) is 4.39 Å². The fourth-order valence-corrected chi connectivity index (χ4v) is 1.97. The summed E-state index contributed by atoms with van der Waals surface area (Å²) in [6, 6.07) is 6.36. The van der Waals surface area contributed by atoms with Crippen LogP contribution in [0, 0.1) is 12.7 Å². The van der Waals surface area contributed by atoms with Gasteiger partial charge in [0, 0.05) is 28.0 Å². The van der Waals surface area contributed by atoms with Gasteiger partial charge in [-0.1, -0.05) is 15.9 Å². The Morgan fingerprint density at radius 1 is 1.33 bits per heavy atom. The average Bonchev–Trinajstić information content (AvgIpc) is 2.33. The fraction of sp³-hybridized carbons (Fsp3) is 0.154. The minimum atomic E-state index is -0.431. The molecule has 2 aromatic rings. The maximum Gasteiger partial charge on any atom is 0.166 e. The lowest BCUT2D eigenvalue weighted by Crippen LogP contribution is -1.94. The molecule has 0 fully saturated rings. The quantitative estimate of drug-likeness (QED) is 0.753. The van der Waals surface area contributed by atoms with Crippen molar-refractivity contribution in [2.75, 3.05) is 0 Å². The Hall–Kier alpha value is -1.13. The van der Waals surface area contributed by atoms with Gasteiger partial charge in [0.05, 0.1) is 5.88 Å². The first-order valence-electron chi connectivity index (χ1n) is 5.24. The van der Waals surface area contributed by atoms with Crippen LogP contribution < -0.4 is 4.74 Å². The van der Waals surface area contributed by atoms with Crippen molar-refractivity contribution >= 4 is 27.5 Å². The van der Waals surface area contributed by atoms with E-state index in [1.165, 1.54) is 6.07 Å². The van der Waals surface area contributed by atoms with Crippen molar-refractivity contribution in [1.29, 1.82) is 0 Å². The predicted octanol–water partition coefficient (Wildman–Crippen LogP) is 4.82. The molecule has 0 amide bonds. The van der Waals surface area contributed by atoms with E-state index < -0.39 is 5.82 Å². The lowest BCUT2D eigenvalue weighted by Gasteiger charge is -2.10. The van der Waals surface area contributed by atoms with Crippen molar-refractivity contribution in [3.63, 3.8) is 0 Å². The minimum Gasteiger partial charge on any atom is -0.454 e. The zero-order valence-electron chi connectivity index (χ0n) is 9.58. The number of aryl methyl sites for hydroxylation is 1. The van der Waals surface area contributed by atoms with Crippen molar-refractivity contribution in [2.45, 2.75) is 12.8 Å². The van der Waals surface area contributed by atoms with Crippen molar-refractivity contribution < 1.29 is 9.13 Å². The second kappa shape index (κ2) is 5.67. The van der Waals surface area contributed by atoms with Gasteiger partial charge in [-0.3, -0.25) is 4.98 Å². The van der Waals surface area contributed by atoms with Crippen molar-refractivity contribution in [3.05, 3.63) is 52.0 Å². The van der Waals surface area contributed by atoms with Crippen LogP contribution >= 0.6 is 27.5 Å². The molecule has 0 saturated carbocycles. The monoisotopic (exact) mass is 329 g/mol. The zero-order chi connectivity index (χ0) is 13.1. The van der Waals surface area contributed by atoms with Gasteiger partial charge < -0.3 is 4.74 Å². The Morgan fingerprint density at radius 2 is 2.11 bits per heavy atom. The minimum absolute atomic E-state index is 0.162. The van der Waals surface area contributed by atoms with E-state index in [0.29, 0.717) is 10.2 Å². The number of halogens is 3. The highest BCUT2D eigenvalue weighted by Crippen LogP contribution is 2.30. The molecule has 94 valence electrons. The van der Waals surface area contributed by atoms with Gasteiger partial charge in [-0.05, 0) is 25.1 Å². The largest absolute Gasteiger partial charge is 0.454 e. The standard InChI is InChI=1S/C13H10BrClFNO/c1-8-4-13(9(6-15)7-17-8)18-12-3-2-10(14)5-11(12)16/h2-5,7H,6H2,1H3. The van der Waals surface area contributed by atoms with Gasteiger partial charge in [0.2, 0.25) is 0 Å². The van der Waals surface area contributed by atoms with Crippen molar-refractivity contribution in [3.8, 4) is 11.5 Å². The molecule has 1 heterocycles. The molecule has 0 spiro atoms. The Balaban J connectivity index is 2.36. The SMILES string of the molecule is Cc1cc(Oc2ccc(Br)cc2F)c(CCl)cn1. The topological polar surface area (TPSA) is 22.1 Å². The number of nitrogens with zero attached hydrogens (tertiary/aromatic N) is 1. The van der Waals surface area contributed by atoms with Crippen LogP contribution in [0.25, 0.3) is 0 Å². The van der Waals surface area contributed by atoms with Gasteiger partial charge in [0.15, 0.2) is 11.6 Å². The fourth-order valence-electron chi connectivity index (χ4n) is 1.43. The van der Waals surface area contributed by atoms with Crippen LogP contribution in [0.1, 0.15) is 11.3 Å². The van der Waals surface area contributed by atoms with E-state index in [9.17, 15) is 4.39 Å². The summed E-state index contributed by atoms with van der Waals surface area (Å²) in [7, 11) is 0. The highest BCUT2D eigenvalue weighted by Gasteiger charge is 2.09. The highest BCUT2D eigenvalue weighted by molar-refractivity contribution is 9.10. The van der Waals surface area contributed by atoms with Gasteiger partial charge in [-0.15, -0.1) is 11.6 Å². The number of pyridine rings is 1. The second-order valence-corrected chi connectivity index (χ2v) is 4.93. The third kappa shape index (κ3) is 3.00. The Bertz CT molecular complexity index is 577. The first-order chi connectivity index (χ1) is 8.60. The summed E-state index contributed by atoms with van der Waals surface area (Å²) >= 11 is 8.99. The molecule has 0 aliphatic rings. The zero-order valence-corrected chi connectivity index (χ0v) is 11.9. The summed E-state index contributed by atoms with van der Waals surface area (Å²) in [5.74, 6) is 0.522. The van der Waals surface area contributed by atoms with Gasteiger partial charge in [0.25, 0.3) is 0 Å². The van der Waals surface area contributed by atoms with Crippen LogP contribution in [-0.2, 0) is 5.88 Å². The summed E-state index contributed by atoms with van der Waals surface area (Å²) in [5.41, 5.74) is 1.51. The first-order valence-corrected chi connectivity index (χ1v) is 6.57. The molecule has 0 N–H and O–H groups in total. The third-order valence-electron chi connectivity index (χ3n) is 2.34. The predicted molar refractivity (Wildman–Crippen MR) is 72.7 cm³/mol. The van der Waals surface area contributed by atoms with Crippen molar-refractivity contribution in [2.24, 2.45) is 0 Å². The first kappa shape index (κ1) is 13.3. The lowest BCUT2D eigenvalue weighted by molar-refractivity contribution is 0.438. The van der Waals surface area contributed by atoms with Crippen LogP contribution in [0.2, 0.25) is 0 Å². The molecule has 0 atom stereocenters. The summed E-state index contributed by atoms with van der Waals surface area (Å²) in [5, 5.41) is 0. The number of alkyl halides is 1. The van der Waals surface area contributed by atoms with E-state index in [1.807, 2.05) is 6.92 Å². The Morgan fingerprint density at radius 3 is 2.78 bits per heavy atom. The molecule has 1 aromatic heterocycles. The molecule has 0 saturated heterocycles. The molecule has 0 aliphatic carbocycles. The van der Waals surface area contributed by atoms with Crippen LogP contribution in [0.5, 0.6) is 11.5 Å². The summed E-state index contributed by atoms with van der Waals surface area (Å²) in [6.45, 7) is 1.84. The molecule has 0 bridgehead atoms. The number of hydrogen-bond donors (Lipinski definition) is 0. The number of rotatable bonds is 3. The van der Waals surface area contributed by atoms with E-state index in [0.717, 1.165) is 11.3 Å². The maximum atomic E-state index is 13.7. The second-order valence-electron chi connectivity index (χ2n) is 3.74. The molecule has 0 unspecified atom stereocenters. The number of ether oxygens (including phenoxy) is 1. The summed E-state index contributed by atoms with van der Waals surface area (Å²) in [6.07, 6.45) is 1.63. The average molecular weight is 331 g/mol. The molecule has 1 aromatic carbocycles.